The molecule has 0 saturated heterocycles. The van der Waals surface area contributed by atoms with Gasteiger partial charge in [-0.25, -0.2) is 4.79 Å². The molecule has 0 aromatic heterocycles. The van der Waals surface area contributed by atoms with E-state index < -0.39 is 53.8 Å². The van der Waals surface area contributed by atoms with Gasteiger partial charge in [-0.2, -0.15) is 0 Å². The summed E-state index contributed by atoms with van der Waals surface area (Å²) in [5.41, 5.74) is 16.3. The minimum Gasteiger partial charge on any atom is -0.480 e. The number of nitrogens with two attached hydrogens (primary N) is 3. The molecule has 0 aliphatic heterocycles. The Morgan fingerprint density at radius 3 is 1.88 bits per heavy atom. The molecule has 196 valence electrons. The summed E-state index contributed by atoms with van der Waals surface area (Å²) in [6.07, 6.45) is 1.88. The summed E-state index contributed by atoms with van der Waals surface area (Å²) < 4.78 is 0. The van der Waals surface area contributed by atoms with E-state index in [1.165, 1.54) is 0 Å². The third-order valence-electron chi connectivity index (χ3n) is 5.64. The Labute approximate surface area is 201 Å². The lowest BCUT2D eigenvalue weighted by Crippen LogP contribution is -2.59. The van der Waals surface area contributed by atoms with Crippen LogP contribution < -0.4 is 33.2 Å². The molecular formula is C22H42N6O6. The van der Waals surface area contributed by atoms with Gasteiger partial charge >= 0.3 is 5.97 Å². The van der Waals surface area contributed by atoms with Gasteiger partial charge in [0.25, 0.3) is 0 Å². The molecule has 12 heteroatoms. The smallest absolute Gasteiger partial charge is 0.326 e. The van der Waals surface area contributed by atoms with Crippen LogP contribution >= 0.6 is 0 Å². The molecule has 10 N–H and O–H groups in total. The molecule has 0 spiro atoms. The minimum absolute atomic E-state index is 0.0340. The van der Waals surface area contributed by atoms with Crippen LogP contribution in [-0.4, -0.2) is 65.4 Å². The summed E-state index contributed by atoms with van der Waals surface area (Å²) in [4.78, 5) is 60.9. The number of carbonyl (C=O) groups is 5. The lowest BCUT2D eigenvalue weighted by molar-refractivity contribution is -0.143. The normalized spacial score (nSPS) is 15.5. The highest BCUT2D eigenvalue weighted by molar-refractivity contribution is 5.94. The summed E-state index contributed by atoms with van der Waals surface area (Å²) in [6, 6.07) is -4.13. The maximum Gasteiger partial charge on any atom is 0.326 e. The quantitative estimate of drug-likeness (QED) is 0.125. The van der Waals surface area contributed by atoms with Crippen molar-refractivity contribution in [3.05, 3.63) is 0 Å². The predicted octanol–water partition coefficient (Wildman–Crippen LogP) is -1.05. The molecule has 0 saturated carbocycles. The molecular weight excluding hydrogens is 444 g/mol. The summed E-state index contributed by atoms with van der Waals surface area (Å²) in [5.74, 6) is -4.23. The van der Waals surface area contributed by atoms with Crippen molar-refractivity contribution in [3.63, 3.8) is 0 Å². The maximum absolute atomic E-state index is 13.0. The SMILES string of the molecule is CCC(C)C(NC(=O)C(NC(=O)C(N)CCC(N)=O)C(C)C)C(=O)NC(CCCCN)C(=O)O. The van der Waals surface area contributed by atoms with Crippen LogP contribution in [0.5, 0.6) is 0 Å². The summed E-state index contributed by atoms with van der Waals surface area (Å²) >= 11 is 0. The Hall–Kier alpha value is -2.73. The molecule has 0 aromatic rings. The highest BCUT2D eigenvalue weighted by atomic mass is 16.4. The van der Waals surface area contributed by atoms with Crippen LogP contribution in [0.3, 0.4) is 0 Å². The zero-order chi connectivity index (χ0) is 26.4. The van der Waals surface area contributed by atoms with Gasteiger partial charge < -0.3 is 38.3 Å². The van der Waals surface area contributed by atoms with Gasteiger partial charge in [-0.1, -0.05) is 34.1 Å². The van der Waals surface area contributed by atoms with Crippen molar-refractivity contribution >= 4 is 29.6 Å². The number of unbranched alkanes of at least 4 members (excludes halogenated alkanes) is 1. The first kappa shape index (κ1) is 31.3. The summed E-state index contributed by atoms with van der Waals surface area (Å²) in [6.45, 7) is 7.45. The van der Waals surface area contributed by atoms with Crippen LogP contribution in [0, 0.1) is 11.8 Å². The number of aliphatic carboxylic acids is 1. The van der Waals surface area contributed by atoms with E-state index in [9.17, 15) is 29.1 Å². The van der Waals surface area contributed by atoms with Gasteiger partial charge in [0.15, 0.2) is 0 Å². The second-order valence-corrected chi connectivity index (χ2v) is 8.90. The monoisotopic (exact) mass is 486 g/mol. The molecule has 4 amide bonds. The number of carboxylic acid groups (broad SMARTS) is 1. The average molecular weight is 487 g/mol. The molecule has 5 unspecified atom stereocenters. The number of amides is 4. The fraction of sp³-hybridized carbons (Fsp3) is 0.773. The molecule has 12 nitrogen and oxygen atoms in total. The molecule has 0 bridgehead atoms. The number of nitrogens with one attached hydrogen (secondary N) is 3. The number of carboxylic acids is 1. The van der Waals surface area contributed by atoms with Crippen LogP contribution in [0.2, 0.25) is 0 Å². The van der Waals surface area contributed by atoms with Crippen molar-refractivity contribution in [2.24, 2.45) is 29.0 Å². The zero-order valence-corrected chi connectivity index (χ0v) is 20.6. The molecule has 0 fully saturated rings. The second kappa shape index (κ2) is 16.0. The van der Waals surface area contributed by atoms with Gasteiger partial charge in [-0.15, -0.1) is 0 Å². The van der Waals surface area contributed by atoms with Crippen molar-refractivity contribution in [3.8, 4) is 0 Å². The highest BCUT2D eigenvalue weighted by Crippen LogP contribution is 2.12. The van der Waals surface area contributed by atoms with E-state index in [-0.39, 0.29) is 31.1 Å². The Kier molecular flexibility index (Phi) is 14.7. The average Bonchev–Trinajstić information content (AvgIpc) is 2.77. The Morgan fingerprint density at radius 2 is 1.41 bits per heavy atom. The zero-order valence-electron chi connectivity index (χ0n) is 20.6. The van der Waals surface area contributed by atoms with Crippen molar-refractivity contribution in [1.29, 1.82) is 0 Å². The lowest BCUT2D eigenvalue weighted by atomic mass is 9.95. The summed E-state index contributed by atoms with van der Waals surface area (Å²) in [5, 5.41) is 17.2. The van der Waals surface area contributed by atoms with Crippen molar-refractivity contribution in [1.82, 2.24) is 16.0 Å². The fourth-order valence-corrected chi connectivity index (χ4v) is 3.18. The van der Waals surface area contributed by atoms with Crippen LogP contribution in [0.4, 0.5) is 0 Å². The van der Waals surface area contributed by atoms with Gasteiger partial charge in [0.2, 0.25) is 23.6 Å². The van der Waals surface area contributed by atoms with E-state index >= 15 is 0 Å². The van der Waals surface area contributed by atoms with Crippen molar-refractivity contribution < 1.29 is 29.1 Å². The molecule has 0 aromatic carbocycles. The minimum atomic E-state index is -1.17. The van der Waals surface area contributed by atoms with E-state index in [0.717, 1.165) is 0 Å². The van der Waals surface area contributed by atoms with E-state index in [1.807, 2.05) is 6.92 Å². The van der Waals surface area contributed by atoms with Gasteiger partial charge in [0, 0.05) is 6.42 Å². The summed E-state index contributed by atoms with van der Waals surface area (Å²) in [7, 11) is 0. The molecule has 0 rings (SSSR count). The first-order valence-corrected chi connectivity index (χ1v) is 11.7. The van der Waals surface area contributed by atoms with E-state index in [1.54, 1.807) is 20.8 Å². The van der Waals surface area contributed by atoms with E-state index in [0.29, 0.717) is 25.8 Å². The molecule has 0 heterocycles. The van der Waals surface area contributed by atoms with Gasteiger partial charge in [-0.05, 0) is 44.1 Å². The number of rotatable bonds is 17. The van der Waals surface area contributed by atoms with Crippen molar-refractivity contribution in [2.75, 3.05) is 6.54 Å². The lowest BCUT2D eigenvalue weighted by Gasteiger charge is -2.29. The predicted molar refractivity (Wildman–Crippen MR) is 127 cm³/mol. The third-order valence-corrected chi connectivity index (χ3v) is 5.64. The number of hydrogen-bond acceptors (Lipinski definition) is 7. The molecule has 0 aliphatic carbocycles. The van der Waals surface area contributed by atoms with Gasteiger partial charge in [-0.3, -0.25) is 19.2 Å². The fourth-order valence-electron chi connectivity index (χ4n) is 3.18. The van der Waals surface area contributed by atoms with Crippen LogP contribution in [0.1, 0.15) is 66.2 Å². The maximum atomic E-state index is 13.0. The molecule has 0 aliphatic rings. The Balaban J connectivity index is 5.40. The number of primary amides is 1. The van der Waals surface area contributed by atoms with Crippen molar-refractivity contribution in [2.45, 2.75) is 90.4 Å². The third kappa shape index (κ3) is 11.4. The molecule has 0 radical (unpaired) electrons. The number of hydrogen-bond donors (Lipinski definition) is 7. The largest absolute Gasteiger partial charge is 0.480 e. The van der Waals surface area contributed by atoms with Crippen LogP contribution in [0.25, 0.3) is 0 Å². The van der Waals surface area contributed by atoms with E-state index in [4.69, 9.17) is 17.2 Å². The van der Waals surface area contributed by atoms with Crippen LogP contribution in [0.15, 0.2) is 0 Å². The van der Waals surface area contributed by atoms with Crippen LogP contribution in [-0.2, 0) is 24.0 Å². The number of carbonyl (C=O) groups excluding carboxylic acids is 4. The Morgan fingerprint density at radius 1 is 0.853 bits per heavy atom. The first-order chi connectivity index (χ1) is 15.8. The molecule has 5 atom stereocenters. The topological polar surface area (TPSA) is 220 Å². The Bertz CT molecular complexity index is 701. The standard InChI is InChI=1S/C22H42N6O6/c1-5-13(4)18(21(32)26-15(22(33)34)8-6-7-11-23)28-20(31)17(12(2)3)27-19(30)14(24)9-10-16(25)29/h12-15,17-18H,5-11,23-24H2,1-4H3,(H2,25,29)(H,26,32)(H,27,30)(H,28,31)(H,33,34). The van der Waals surface area contributed by atoms with E-state index in [2.05, 4.69) is 16.0 Å². The first-order valence-electron chi connectivity index (χ1n) is 11.7. The van der Waals surface area contributed by atoms with Gasteiger partial charge in [0.05, 0.1) is 6.04 Å². The van der Waals surface area contributed by atoms with Gasteiger partial charge in [0.1, 0.15) is 18.1 Å². The molecule has 34 heavy (non-hydrogen) atoms. The highest BCUT2D eigenvalue weighted by Gasteiger charge is 2.33. The second-order valence-electron chi connectivity index (χ2n) is 8.90.